The number of carbonyl (C=O) groups is 1. The first-order chi connectivity index (χ1) is 8.38. The minimum absolute atomic E-state index is 0.0901. The van der Waals surface area contributed by atoms with Crippen LogP contribution in [0.4, 0.5) is 0 Å². The van der Waals surface area contributed by atoms with Crippen molar-refractivity contribution >= 4 is 33.9 Å². The Labute approximate surface area is 117 Å². The Bertz CT molecular complexity index is 352. The molecule has 2 atom stereocenters. The lowest BCUT2D eigenvalue weighted by molar-refractivity contribution is -0.129. The van der Waals surface area contributed by atoms with E-state index in [0.717, 1.165) is 32.1 Å². The van der Waals surface area contributed by atoms with E-state index in [1.54, 1.807) is 6.26 Å². The zero-order chi connectivity index (χ0) is 13.8. The zero-order valence-corrected chi connectivity index (χ0v) is 12.7. The SMILES string of the molecule is CC(CS(C)=O)NC(=O)C1(C(N)=S)CCCCC1. The Morgan fingerprint density at radius 1 is 1.44 bits per heavy atom. The lowest BCUT2D eigenvalue weighted by atomic mass is 9.73. The first-order valence-corrected chi connectivity index (χ1v) is 8.43. The minimum Gasteiger partial charge on any atom is -0.392 e. The fourth-order valence-electron chi connectivity index (χ4n) is 2.50. The number of thiocarbonyl (C=S) groups is 1. The first-order valence-electron chi connectivity index (χ1n) is 6.29. The highest BCUT2D eigenvalue weighted by Crippen LogP contribution is 2.37. The summed E-state index contributed by atoms with van der Waals surface area (Å²) in [5.74, 6) is 0.367. The normalized spacial score (nSPS) is 21.9. The minimum atomic E-state index is -0.920. The molecular weight excluding hydrogens is 268 g/mol. The van der Waals surface area contributed by atoms with Crippen LogP contribution in [0.1, 0.15) is 39.0 Å². The van der Waals surface area contributed by atoms with Crippen molar-refractivity contribution in [3.05, 3.63) is 0 Å². The molecule has 0 spiro atoms. The van der Waals surface area contributed by atoms with Gasteiger partial charge in [0.15, 0.2) is 0 Å². The first kappa shape index (κ1) is 15.6. The van der Waals surface area contributed by atoms with E-state index in [1.165, 1.54) is 0 Å². The summed E-state index contributed by atoms with van der Waals surface area (Å²) in [5.41, 5.74) is 5.11. The van der Waals surface area contributed by atoms with Crippen molar-refractivity contribution < 1.29 is 9.00 Å². The van der Waals surface area contributed by atoms with Crippen LogP contribution in [-0.2, 0) is 15.6 Å². The standard InChI is InChI=1S/C12H22N2O2S2/c1-9(8-18(2)16)14-11(15)12(10(13)17)6-4-3-5-7-12/h9H,3-8H2,1-2H3,(H2,13,17)(H,14,15). The van der Waals surface area contributed by atoms with Gasteiger partial charge in [-0.05, 0) is 19.8 Å². The fourth-order valence-corrected chi connectivity index (χ4v) is 3.58. The van der Waals surface area contributed by atoms with Crippen LogP contribution in [0.25, 0.3) is 0 Å². The third-order valence-corrected chi connectivity index (χ3v) is 4.84. The van der Waals surface area contributed by atoms with Crippen LogP contribution in [0.2, 0.25) is 0 Å². The molecule has 1 amide bonds. The smallest absolute Gasteiger partial charge is 0.233 e. The highest BCUT2D eigenvalue weighted by Gasteiger charge is 2.42. The molecule has 0 aromatic carbocycles. The van der Waals surface area contributed by atoms with Gasteiger partial charge in [0.2, 0.25) is 5.91 Å². The van der Waals surface area contributed by atoms with Crippen molar-refractivity contribution in [3.63, 3.8) is 0 Å². The molecule has 4 nitrogen and oxygen atoms in total. The topological polar surface area (TPSA) is 72.2 Å². The molecule has 6 heteroatoms. The monoisotopic (exact) mass is 290 g/mol. The highest BCUT2D eigenvalue weighted by atomic mass is 32.2. The molecule has 104 valence electrons. The third-order valence-electron chi connectivity index (χ3n) is 3.48. The molecule has 1 fully saturated rings. The van der Waals surface area contributed by atoms with Gasteiger partial charge in [0.1, 0.15) is 0 Å². The summed E-state index contributed by atoms with van der Waals surface area (Å²) in [4.78, 5) is 12.7. The summed E-state index contributed by atoms with van der Waals surface area (Å²) in [7, 11) is -0.920. The van der Waals surface area contributed by atoms with Gasteiger partial charge in [-0.2, -0.15) is 0 Å². The van der Waals surface area contributed by atoms with Crippen LogP contribution in [0, 0.1) is 5.41 Å². The second kappa shape index (κ2) is 6.61. The number of nitrogens with two attached hydrogens (primary N) is 1. The maximum atomic E-state index is 12.4. The molecule has 0 bridgehead atoms. The van der Waals surface area contributed by atoms with Crippen molar-refractivity contribution in [1.82, 2.24) is 5.32 Å². The number of nitrogens with one attached hydrogen (secondary N) is 1. The molecule has 1 aliphatic rings. The summed E-state index contributed by atoms with van der Waals surface area (Å²) < 4.78 is 11.1. The molecule has 1 aliphatic carbocycles. The Balaban J connectivity index is 2.71. The molecule has 0 heterocycles. The Morgan fingerprint density at radius 3 is 2.44 bits per heavy atom. The van der Waals surface area contributed by atoms with Crippen LogP contribution in [-0.4, -0.2) is 33.2 Å². The Hall–Kier alpha value is -0.490. The van der Waals surface area contributed by atoms with E-state index >= 15 is 0 Å². The van der Waals surface area contributed by atoms with Crippen LogP contribution >= 0.6 is 12.2 Å². The number of amides is 1. The van der Waals surface area contributed by atoms with Crippen LogP contribution in [0.5, 0.6) is 0 Å². The quantitative estimate of drug-likeness (QED) is 0.744. The maximum absolute atomic E-state index is 12.4. The molecule has 2 unspecified atom stereocenters. The van der Waals surface area contributed by atoms with E-state index in [1.807, 2.05) is 6.92 Å². The number of rotatable bonds is 5. The maximum Gasteiger partial charge on any atom is 0.233 e. The number of hydrogen-bond acceptors (Lipinski definition) is 3. The third kappa shape index (κ3) is 3.75. The van der Waals surface area contributed by atoms with Gasteiger partial charge < -0.3 is 11.1 Å². The predicted molar refractivity (Wildman–Crippen MR) is 78.8 cm³/mol. The van der Waals surface area contributed by atoms with Crippen molar-refractivity contribution in [2.75, 3.05) is 12.0 Å². The predicted octanol–water partition coefficient (Wildman–Crippen LogP) is 1.11. The summed E-state index contributed by atoms with van der Waals surface area (Å²) >= 11 is 5.10. The van der Waals surface area contributed by atoms with E-state index in [2.05, 4.69) is 5.32 Å². The molecule has 0 aromatic heterocycles. The lowest BCUT2D eigenvalue weighted by Crippen LogP contribution is -2.52. The largest absolute Gasteiger partial charge is 0.392 e. The molecule has 1 rings (SSSR count). The second-order valence-electron chi connectivity index (χ2n) is 5.12. The van der Waals surface area contributed by atoms with Gasteiger partial charge in [-0.25, -0.2) is 0 Å². The highest BCUT2D eigenvalue weighted by molar-refractivity contribution is 7.84. The van der Waals surface area contributed by atoms with Crippen molar-refractivity contribution in [2.45, 2.75) is 45.1 Å². The van der Waals surface area contributed by atoms with E-state index in [4.69, 9.17) is 18.0 Å². The molecule has 1 saturated carbocycles. The van der Waals surface area contributed by atoms with Gasteiger partial charge in [-0.1, -0.05) is 31.5 Å². The van der Waals surface area contributed by atoms with Gasteiger partial charge in [-0.15, -0.1) is 0 Å². The summed E-state index contributed by atoms with van der Waals surface area (Å²) in [5, 5.41) is 2.90. The molecule has 0 saturated heterocycles. The Kier molecular flexibility index (Phi) is 5.72. The van der Waals surface area contributed by atoms with Crippen molar-refractivity contribution in [3.8, 4) is 0 Å². The van der Waals surface area contributed by atoms with E-state index in [-0.39, 0.29) is 11.9 Å². The van der Waals surface area contributed by atoms with Crippen LogP contribution in [0.3, 0.4) is 0 Å². The van der Waals surface area contributed by atoms with E-state index in [9.17, 15) is 9.00 Å². The van der Waals surface area contributed by atoms with Crippen molar-refractivity contribution in [1.29, 1.82) is 0 Å². The molecule has 0 aromatic rings. The fraction of sp³-hybridized carbons (Fsp3) is 0.833. The molecule has 3 N–H and O–H groups in total. The van der Waals surface area contributed by atoms with Gasteiger partial charge in [-0.3, -0.25) is 9.00 Å². The number of hydrogen-bond donors (Lipinski definition) is 2. The summed E-state index contributed by atoms with van der Waals surface area (Å²) in [6, 6.07) is -0.114. The second-order valence-corrected chi connectivity index (χ2v) is 7.04. The van der Waals surface area contributed by atoms with Crippen molar-refractivity contribution in [2.24, 2.45) is 11.1 Å². The van der Waals surface area contributed by atoms with Crippen LogP contribution < -0.4 is 11.1 Å². The summed E-state index contributed by atoms with van der Waals surface area (Å²) in [6.45, 7) is 1.86. The van der Waals surface area contributed by atoms with Gasteiger partial charge in [0.05, 0.1) is 10.4 Å². The molecular formula is C12H22N2O2S2. The average molecular weight is 290 g/mol. The average Bonchev–Trinajstić information content (AvgIpc) is 2.28. The zero-order valence-electron chi connectivity index (χ0n) is 11.0. The van der Waals surface area contributed by atoms with Gasteiger partial charge in [0, 0.05) is 28.9 Å². The van der Waals surface area contributed by atoms with E-state index in [0.29, 0.717) is 10.7 Å². The number of carbonyl (C=O) groups excluding carboxylic acids is 1. The Morgan fingerprint density at radius 2 is 2.00 bits per heavy atom. The van der Waals surface area contributed by atoms with E-state index < -0.39 is 16.2 Å². The molecule has 0 aliphatic heterocycles. The van der Waals surface area contributed by atoms with Gasteiger partial charge >= 0.3 is 0 Å². The van der Waals surface area contributed by atoms with Gasteiger partial charge in [0.25, 0.3) is 0 Å². The molecule has 0 radical (unpaired) electrons. The summed E-state index contributed by atoms with van der Waals surface area (Å²) in [6.07, 6.45) is 6.20. The molecule has 18 heavy (non-hydrogen) atoms. The van der Waals surface area contributed by atoms with Crippen LogP contribution in [0.15, 0.2) is 0 Å². The lowest BCUT2D eigenvalue weighted by Gasteiger charge is -2.35.